The molecule has 1 N–H and O–H groups in total. The van der Waals surface area contributed by atoms with Crippen LogP contribution in [0.1, 0.15) is 46.5 Å². The monoisotopic (exact) mass is 226 g/mol. The molecule has 1 heterocycles. The highest BCUT2D eigenvalue weighted by atomic mass is 16.6. The van der Waals surface area contributed by atoms with Crippen molar-refractivity contribution < 1.29 is 14.6 Å². The zero-order valence-electron chi connectivity index (χ0n) is 10.5. The van der Waals surface area contributed by atoms with Crippen molar-refractivity contribution in [2.24, 2.45) is 11.3 Å². The van der Waals surface area contributed by atoms with Gasteiger partial charge in [0.05, 0.1) is 12.7 Å². The number of ketones is 1. The lowest BCUT2D eigenvalue weighted by Gasteiger charge is -2.42. The van der Waals surface area contributed by atoms with Crippen molar-refractivity contribution in [3.05, 3.63) is 0 Å². The quantitative estimate of drug-likeness (QED) is 0.748. The molecule has 2 aliphatic rings. The molecule has 0 aromatic heterocycles. The van der Waals surface area contributed by atoms with Gasteiger partial charge in [0.15, 0.2) is 0 Å². The van der Waals surface area contributed by atoms with E-state index in [9.17, 15) is 9.90 Å². The van der Waals surface area contributed by atoms with Gasteiger partial charge in [0.1, 0.15) is 11.4 Å². The van der Waals surface area contributed by atoms with Crippen molar-refractivity contribution >= 4 is 5.78 Å². The molecule has 1 aliphatic carbocycles. The number of Topliss-reactive ketones (excluding diaryl/α,β-unsaturated/α-hetero) is 1. The molecule has 1 spiro atoms. The second-order valence-electron chi connectivity index (χ2n) is 6.21. The summed E-state index contributed by atoms with van der Waals surface area (Å²) in [6.07, 6.45) is 2.73. The number of rotatable bonds is 3. The lowest BCUT2D eigenvalue weighted by molar-refractivity contribution is -0.129. The fourth-order valence-corrected chi connectivity index (χ4v) is 3.32. The summed E-state index contributed by atoms with van der Waals surface area (Å²) in [7, 11) is 0. The largest absolute Gasteiger partial charge is 0.393 e. The Labute approximate surface area is 97.2 Å². The molecule has 3 unspecified atom stereocenters. The van der Waals surface area contributed by atoms with E-state index in [1.165, 1.54) is 0 Å². The Hall–Kier alpha value is -0.410. The molecule has 3 atom stereocenters. The third kappa shape index (κ3) is 2.16. The van der Waals surface area contributed by atoms with Crippen LogP contribution in [0.4, 0.5) is 0 Å². The van der Waals surface area contributed by atoms with Crippen LogP contribution in [0.2, 0.25) is 0 Å². The Morgan fingerprint density at radius 2 is 2.12 bits per heavy atom. The van der Waals surface area contributed by atoms with Crippen molar-refractivity contribution in [3.63, 3.8) is 0 Å². The van der Waals surface area contributed by atoms with Gasteiger partial charge in [-0.2, -0.15) is 0 Å². The van der Waals surface area contributed by atoms with Crippen LogP contribution in [-0.2, 0) is 9.53 Å². The predicted octanol–water partition coefficient (Wildman–Crippen LogP) is 1.92. The Bertz CT molecular complexity index is 280. The van der Waals surface area contributed by atoms with Gasteiger partial charge in [0, 0.05) is 12.8 Å². The summed E-state index contributed by atoms with van der Waals surface area (Å²) < 4.78 is 5.59. The first-order chi connectivity index (χ1) is 7.36. The normalized spacial score (nSPS) is 38.8. The molecular formula is C13H22O3. The number of hydrogen-bond donors (Lipinski definition) is 1. The molecule has 92 valence electrons. The maximum atomic E-state index is 11.7. The first kappa shape index (κ1) is 12.1. The minimum absolute atomic E-state index is 0.0146. The van der Waals surface area contributed by atoms with Crippen LogP contribution in [0.5, 0.6) is 0 Å². The topological polar surface area (TPSA) is 49.8 Å². The summed E-state index contributed by atoms with van der Waals surface area (Å²) in [5.74, 6) is 0.739. The van der Waals surface area contributed by atoms with E-state index in [2.05, 4.69) is 13.8 Å². The van der Waals surface area contributed by atoms with E-state index >= 15 is 0 Å². The van der Waals surface area contributed by atoms with E-state index in [-0.39, 0.29) is 17.1 Å². The Balaban J connectivity index is 2.09. The van der Waals surface area contributed by atoms with Gasteiger partial charge < -0.3 is 9.84 Å². The number of hydrogen-bond acceptors (Lipinski definition) is 3. The van der Waals surface area contributed by atoms with Crippen LogP contribution in [-0.4, -0.2) is 29.2 Å². The van der Waals surface area contributed by atoms with Crippen molar-refractivity contribution in [1.29, 1.82) is 0 Å². The number of carbonyl (C=O) groups is 1. The zero-order valence-corrected chi connectivity index (χ0v) is 10.5. The fourth-order valence-electron chi connectivity index (χ4n) is 3.32. The van der Waals surface area contributed by atoms with Crippen LogP contribution in [0.15, 0.2) is 0 Å². The molecule has 2 rings (SSSR count). The average Bonchev–Trinajstić information content (AvgIpc) is 2.80. The average molecular weight is 226 g/mol. The first-order valence-electron chi connectivity index (χ1n) is 6.19. The SMILES string of the molecule is CC(O)CCC1C(C)(C)CC(=O)CC12CO2. The van der Waals surface area contributed by atoms with Gasteiger partial charge in [-0.15, -0.1) is 0 Å². The van der Waals surface area contributed by atoms with Gasteiger partial charge in [-0.25, -0.2) is 0 Å². The highest BCUT2D eigenvalue weighted by Crippen LogP contribution is 2.54. The molecule has 0 aromatic rings. The standard InChI is InChI=1S/C13H22O3/c1-9(14)4-5-11-12(2,3)6-10(15)7-13(11)8-16-13/h9,11,14H,4-8H2,1-3H3. The van der Waals surface area contributed by atoms with Crippen LogP contribution in [0, 0.1) is 11.3 Å². The molecule has 0 radical (unpaired) electrons. The van der Waals surface area contributed by atoms with Gasteiger partial charge in [0.2, 0.25) is 0 Å². The number of carbonyl (C=O) groups excluding carboxylic acids is 1. The molecule has 1 saturated heterocycles. The van der Waals surface area contributed by atoms with E-state index in [1.54, 1.807) is 0 Å². The number of ether oxygens (including phenoxy) is 1. The predicted molar refractivity (Wildman–Crippen MR) is 61.1 cm³/mol. The van der Waals surface area contributed by atoms with Crippen molar-refractivity contribution in [3.8, 4) is 0 Å². The number of aliphatic hydroxyl groups is 1. The number of epoxide rings is 1. The van der Waals surface area contributed by atoms with Gasteiger partial charge in [-0.1, -0.05) is 13.8 Å². The maximum absolute atomic E-state index is 11.7. The summed E-state index contributed by atoms with van der Waals surface area (Å²) in [6, 6.07) is 0. The molecule has 1 aliphatic heterocycles. The second kappa shape index (κ2) is 3.81. The molecule has 3 nitrogen and oxygen atoms in total. The van der Waals surface area contributed by atoms with Crippen molar-refractivity contribution in [2.75, 3.05) is 6.61 Å². The zero-order chi connectivity index (χ0) is 12.0. The lowest BCUT2D eigenvalue weighted by Crippen LogP contribution is -2.45. The Morgan fingerprint density at radius 3 is 2.62 bits per heavy atom. The van der Waals surface area contributed by atoms with Crippen LogP contribution >= 0.6 is 0 Å². The summed E-state index contributed by atoms with van der Waals surface area (Å²) in [4.78, 5) is 11.7. The molecule has 0 bridgehead atoms. The summed E-state index contributed by atoms with van der Waals surface area (Å²) in [5.41, 5.74) is -0.158. The Morgan fingerprint density at radius 1 is 1.50 bits per heavy atom. The van der Waals surface area contributed by atoms with E-state index in [0.29, 0.717) is 24.5 Å². The molecule has 3 heteroatoms. The second-order valence-corrected chi connectivity index (χ2v) is 6.21. The fraction of sp³-hybridized carbons (Fsp3) is 0.923. The molecule has 16 heavy (non-hydrogen) atoms. The minimum atomic E-state index is -0.260. The minimum Gasteiger partial charge on any atom is -0.393 e. The highest BCUT2D eigenvalue weighted by Gasteiger charge is 2.60. The van der Waals surface area contributed by atoms with E-state index in [1.807, 2.05) is 6.92 Å². The van der Waals surface area contributed by atoms with Crippen molar-refractivity contribution in [2.45, 2.75) is 58.2 Å². The van der Waals surface area contributed by atoms with Crippen molar-refractivity contribution in [1.82, 2.24) is 0 Å². The van der Waals surface area contributed by atoms with E-state index in [4.69, 9.17) is 4.74 Å². The molecule has 0 amide bonds. The van der Waals surface area contributed by atoms with Gasteiger partial charge >= 0.3 is 0 Å². The summed E-state index contributed by atoms with van der Waals surface area (Å²) in [6.45, 7) is 6.86. The van der Waals surface area contributed by atoms with Gasteiger partial charge in [-0.05, 0) is 31.1 Å². The van der Waals surface area contributed by atoms with Crippen LogP contribution < -0.4 is 0 Å². The maximum Gasteiger partial charge on any atom is 0.136 e. The van der Waals surface area contributed by atoms with Gasteiger partial charge in [-0.3, -0.25) is 4.79 Å². The van der Waals surface area contributed by atoms with Crippen LogP contribution in [0.3, 0.4) is 0 Å². The lowest BCUT2D eigenvalue weighted by atomic mass is 9.61. The smallest absolute Gasteiger partial charge is 0.136 e. The third-order valence-corrected chi connectivity index (χ3v) is 4.12. The molecule has 2 fully saturated rings. The molecule has 1 saturated carbocycles. The van der Waals surface area contributed by atoms with E-state index in [0.717, 1.165) is 19.4 Å². The van der Waals surface area contributed by atoms with Gasteiger partial charge in [0.25, 0.3) is 0 Å². The molecular weight excluding hydrogens is 204 g/mol. The Kier molecular flexibility index (Phi) is 2.87. The first-order valence-corrected chi connectivity index (χ1v) is 6.19. The van der Waals surface area contributed by atoms with E-state index < -0.39 is 0 Å². The third-order valence-electron chi connectivity index (χ3n) is 4.12. The number of aliphatic hydroxyl groups excluding tert-OH is 1. The summed E-state index contributed by atoms with van der Waals surface area (Å²) >= 11 is 0. The summed E-state index contributed by atoms with van der Waals surface area (Å²) in [5, 5.41) is 9.39. The van der Waals surface area contributed by atoms with Crippen LogP contribution in [0.25, 0.3) is 0 Å². The highest BCUT2D eigenvalue weighted by molar-refractivity contribution is 5.82. The molecule has 0 aromatic carbocycles.